The van der Waals surface area contributed by atoms with Gasteiger partial charge in [-0.3, -0.25) is 0 Å². The molecule has 17 heavy (non-hydrogen) atoms. The normalized spacial score (nSPS) is 10.4. The van der Waals surface area contributed by atoms with Crippen molar-refractivity contribution in [3.63, 3.8) is 0 Å². The molecule has 0 saturated carbocycles. The fourth-order valence-electron chi connectivity index (χ4n) is 1.52. The van der Waals surface area contributed by atoms with Gasteiger partial charge >= 0.3 is 11.9 Å². The van der Waals surface area contributed by atoms with Gasteiger partial charge in [-0.25, -0.2) is 14.6 Å². The van der Waals surface area contributed by atoms with Crippen molar-refractivity contribution in [1.82, 2.24) is 4.98 Å². The number of carboxylic acids is 2. The largest absolute Gasteiger partial charge is 0.478 e. The van der Waals surface area contributed by atoms with E-state index in [1.807, 2.05) is 0 Å². The molecule has 1 aromatic heterocycles. The number of rotatable bonds is 2. The summed E-state index contributed by atoms with van der Waals surface area (Å²) < 4.78 is 0. The number of benzene rings is 1. The molecule has 6 heteroatoms. The maximum atomic E-state index is 11.1. The van der Waals surface area contributed by atoms with E-state index in [4.69, 9.17) is 10.2 Å². The molecule has 2 rings (SSSR count). The van der Waals surface area contributed by atoms with Crippen LogP contribution in [0.5, 0.6) is 0 Å². The second kappa shape index (κ2) is 4.06. The number of aromatic nitrogens is 1. The van der Waals surface area contributed by atoms with E-state index >= 15 is 0 Å². The molecule has 0 atom stereocenters. The Balaban J connectivity index is 2.91. The van der Waals surface area contributed by atoms with Crippen molar-refractivity contribution in [2.24, 2.45) is 0 Å². The van der Waals surface area contributed by atoms with E-state index in [-0.39, 0.29) is 16.8 Å². The van der Waals surface area contributed by atoms with Crippen molar-refractivity contribution in [1.29, 1.82) is 0 Å². The minimum Gasteiger partial charge on any atom is -0.478 e. The Morgan fingerprint density at radius 3 is 2.47 bits per heavy atom. The van der Waals surface area contributed by atoms with Crippen molar-refractivity contribution >= 4 is 35.5 Å². The van der Waals surface area contributed by atoms with Crippen LogP contribution in [0.3, 0.4) is 0 Å². The van der Waals surface area contributed by atoms with Crippen LogP contribution in [0.4, 0.5) is 0 Å². The fourth-order valence-corrected chi connectivity index (χ4v) is 1.78. The number of carbonyl (C=O) groups is 2. The molecule has 0 amide bonds. The summed E-state index contributed by atoms with van der Waals surface area (Å²) in [5.41, 5.74) is -0.132. The van der Waals surface area contributed by atoms with E-state index in [1.165, 1.54) is 0 Å². The molecule has 86 valence electrons. The number of carboxylic acid groups (broad SMARTS) is 2. The Morgan fingerprint density at radius 2 is 1.88 bits per heavy atom. The average molecular weight is 249 g/mol. The van der Waals surface area contributed by atoms with E-state index < -0.39 is 11.9 Å². The zero-order valence-corrected chi connectivity index (χ0v) is 9.31. The van der Waals surface area contributed by atoms with Gasteiger partial charge < -0.3 is 10.2 Å². The highest BCUT2D eigenvalue weighted by molar-refractivity contribution is 7.80. The molecule has 0 bridgehead atoms. The van der Waals surface area contributed by atoms with E-state index in [1.54, 1.807) is 18.2 Å². The highest BCUT2D eigenvalue weighted by Crippen LogP contribution is 2.24. The van der Waals surface area contributed by atoms with Gasteiger partial charge in [0.05, 0.1) is 11.1 Å². The summed E-state index contributed by atoms with van der Waals surface area (Å²) in [5, 5.41) is 18.3. The molecule has 0 aliphatic rings. The lowest BCUT2D eigenvalue weighted by Crippen LogP contribution is -2.06. The predicted molar refractivity (Wildman–Crippen MR) is 62.9 cm³/mol. The lowest BCUT2D eigenvalue weighted by atomic mass is 10.1. The van der Waals surface area contributed by atoms with Crippen molar-refractivity contribution in [2.45, 2.75) is 4.90 Å². The van der Waals surface area contributed by atoms with E-state index in [2.05, 4.69) is 17.6 Å². The lowest BCUT2D eigenvalue weighted by Gasteiger charge is -2.05. The molecule has 1 heterocycles. The van der Waals surface area contributed by atoms with Gasteiger partial charge in [0.1, 0.15) is 5.69 Å². The zero-order chi connectivity index (χ0) is 12.6. The number of pyridine rings is 1. The molecule has 0 radical (unpaired) electrons. The average Bonchev–Trinajstić information content (AvgIpc) is 2.28. The molecule has 2 aromatic rings. The molecule has 0 unspecified atom stereocenters. The van der Waals surface area contributed by atoms with Crippen LogP contribution >= 0.6 is 12.6 Å². The molecule has 0 fully saturated rings. The molecule has 2 N–H and O–H groups in total. The number of aromatic carboxylic acids is 2. The maximum absolute atomic E-state index is 11.1. The summed E-state index contributed by atoms with van der Waals surface area (Å²) in [6.07, 6.45) is 0. The topological polar surface area (TPSA) is 87.5 Å². The number of para-hydroxylation sites is 1. The lowest BCUT2D eigenvalue weighted by molar-refractivity contribution is 0.0691. The standard InChI is InChI=1S/C11H7NO4S/c13-10(14)6-4-7(11(15)16)12-9-5(6)2-1-3-8(9)17/h1-4,17H,(H,13,14)(H,15,16). The molecule has 0 saturated heterocycles. The molecule has 1 aromatic carbocycles. The predicted octanol–water partition coefficient (Wildman–Crippen LogP) is 1.92. The Morgan fingerprint density at radius 1 is 1.18 bits per heavy atom. The molecular weight excluding hydrogens is 242 g/mol. The second-order valence-electron chi connectivity index (χ2n) is 3.34. The zero-order valence-electron chi connectivity index (χ0n) is 8.41. The molecule has 0 aliphatic heterocycles. The minimum atomic E-state index is -1.27. The van der Waals surface area contributed by atoms with Gasteiger partial charge in [0.2, 0.25) is 0 Å². The quantitative estimate of drug-likeness (QED) is 0.708. The summed E-state index contributed by atoms with van der Waals surface area (Å²) in [7, 11) is 0. The van der Waals surface area contributed by atoms with Gasteiger partial charge in [0.25, 0.3) is 0 Å². The van der Waals surface area contributed by atoms with E-state index in [9.17, 15) is 9.59 Å². The first-order valence-electron chi connectivity index (χ1n) is 4.60. The number of thiol groups is 1. The highest BCUT2D eigenvalue weighted by Gasteiger charge is 2.16. The van der Waals surface area contributed by atoms with E-state index in [0.29, 0.717) is 10.3 Å². The molecular formula is C11H7NO4S. The van der Waals surface area contributed by atoms with E-state index in [0.717, 1.165) is 6.07 Å². The van der Waals surface area contributed by atoms with Crippen molar-refractivity contribution < 1.29 is 19.8 Å². The van der Waals surface area contributed by atoms with Gasteiger partial charge in [0, 0.05) is 10.3 Å². The summed E-state index contributed by atoms with van der Waals surface area (Å²) in [6.45, 7) is 0. The maximum Gasteiger partial charge on any atom is 0.354 e. The van der Waals surface area contributed by atoms with Crippen LogP contribution in [-0.2, 0) is 0 Å². The van der Waals surface area contributed by atoms with Crippen LogP contribution in [0.15, 0.2) is 29.2 Å². The van der Waals surface area contributed by atoms with Gasteiger partial charge in [-0.05, 0) is 12.1 Å². The molecule has 5 nitrogen and oxygen atoms in total. The Bertz CT molecular complexity index is 639. The smallest absolute Gasteiger partial charge is 0.354 e. The number of hydrogen-bond donors (Lipinski definition) is 3. The van der Waals surface area contributed by atoms with Crippen LogP contribution < -0.4 is 0 Å². The number of nitrogens with zero attached hydrogens (tertiary/aromatic N) is 1. The second-order valence-corrected chi connectivity index (χ2v) is 3.82. The Kier molecular flexibility index (Phi) is 2.72. The first-order chi connectivity index (χ1) is 8.00. The fraction of sp³-hybridized carbons (Fsp3) is 0. The van der Waals surface area contributed by atoms with Crippen molar-refractivity contribution in [2.75, 3.05) is 0 Å². The summed E-state index contributed by atoms with van der Waals surface area (Å²) >= 11 is 4.13. The third-order valence-corrected chi connectivity index (χ3v) is 2.63. The van der Waals surface area contributed by atoms with Gasteiger partial charge in [-0.1, -0.05) is 12.1 Å². The number of fused-ring (bicyclic) bond motifs is 1. The Hall–Kier alpha value is -2.08. The number of hydrogen-bond acceptors (Lipinski definition) is 4. The minimum absolute atomic E-state index is 0.0942. The van der Waals surface area contributed by atoms with Crippen LogP contribution in [-0.4, -0.2) is 27.1 Å². The van der Waals surface area contributed by atoms with Gasteiger partial charge in [-0.15, -0.1) is 12.6 Å². The Labute approximate surface area is 101 Å². The van der Waals surface area contributed by atoms with Crippen LogP contribution in [0.1, 0.15) is 20.8 Å². The summed E-state index contributed by atoms with van der Waals surface area (Å²) in [5.74, 6) is -2.47. The summed E-state index contributed by atoms with van der Waals surface area (Å²) in [4.78, 5) is 26.2. The monoisotopic (exact) mass is 249 g/mol. The third-order valence-electron chi connectivity index (χ3n) is 2.27. The summed E-state index contributed by atoms with van der Waals surface area (Å²) in [6, 6.07) is 5.87. The molecule has 0 aliphatic carbocycles. The van der Waals surface area contributed by atoms with Crippen LogP contribution in [0.25, 0.3) is 10.9 Å². The van der Waals surface area contributed by atoms with Gasteiger partial charge in [0.15, 0.2) is 0 Å². The highest BCUT2D eigenvalue weighted by atomic mass is 32.1. The SMILES string of the molecule is O=C(O)c1cc(C(=O)O)c2cccc(S)c2n1. The first kappa shape index (κ1) is 11.4. The van der Waals surface area contributed by atoms with Crippen molar-refractivity contribution in [3.05, 3.63) is 35.5 Å². The van der Waals surface area contributed by atoms with Crippen LogP contribution in [0.2, 0.25) is 0 Å². The van der Waals surface area contributed by atoms with Crippen LogP contribution in [0, 0.1) is 0 Å². The third kappa shape index (κ3) is 1.94. The first-order valence-corrected chi connectivity index (χ1v) is 5.04. The van der Waals surface area contributed by atoms with Gasteiger partial charge in [-0.2, -0.15) is 0 Å². The van der Waals surface area contributed by atoms with Crippen molar-refractivity contribution in [3.8, 4) is 0 Å². The molecule has 0 spiro atoms.